The van der Waals surface area contributed by atoms with Crippen molar-refractivity contribution in [2.45, 2.75) is 26.3 Å². The first kappa shape index (κ1) is 13.5. The average molecular weight is 264 g/mol. The van der Waals surface area contributed by atoms with Crippen LogP contribution in [-0.2, 0) is 4.79 Å². The molecule has 0 bridgehead atoms. The third kappa shape index (κ3) is 2.57. The predicted molar refractivity (Wildman–Crippen MR) is 72.4 cm³/mol. The fraction of sp³-hybridized carbons (Fsp3) is 0.538. The van der Waals surface area contributed by atoms with E-state index in [0.717, 1.165) is 0 Å². The average Bonchev–Trinajstić information content (AvgIpc) is 2.94. The van der Waals surface area contributed by atoms with Crippen molar-refractivity contribution < 1.29 is 9.59 Å². The van der Waals surface area contributed by atoms with Gasteiger partial charge in [-0.1, -0.05) is 0 Å². The predicted octanol–water partition coefficient (Wildman–Crippen LogP) is 0.599. The molecule has 6 heteroatoms. The number of nitrogens with two attached hydrogens (primary N) is 2. The number of hydrogen-bond acceptors (Lipinski definition) is 3. The topological polar surface area (TPSA) is 94.3 Å². The number of likely N-dealkylation sites (tertiary alicyclic amines) is 1. The Morgan fingerprint density at radius 3 is 2.63 bits per heavy atom. The van der Waals surface area contributed by atoms with Gasteiger partial charge in [-0.15, -0.1) is 0 Å². The van der Waals surface area contributed by atoms with Crippen LogP contribution in [0.2, 0.25) is 0 Å². The molecule has 1 aromatic rings. The van der Waals surface area contributed by atoms with E-state index in [0.29, 0.717) is 30.9 Å². The normalized spacial score (nSPS) is 19.1. The van der Waals surface area contributed by atoms with E-state index in [2.05, 4.69) is 0 Å². The van der Waals surface area contributed by atoms with Crippen LogP contribution in [0.15, 0.2) is 12.3 Å². The molecule has 1 aliphatic heterocycles. The van der Waals surface area contributed by atoms with Gasteiger partial charge in [0, 0.05) is 25.3 Å². The lowest BCUT2D eigenvalue weighted by atomic mass is 10.1. The van der Waals surface area contributed by atoms with Gasteiger partial charge in [-0.3, -0.25) is 9.59 Å². The summed E-state index contributed by atoms with van der Waals surface area (Å²) < 4.78 is 1.86. The van der Waals surface area contributed by atoms with Crippen LogP contribution >= 0.6 is 0 Å². The van der Waals surface area contributed by atoms with Crippen LogP contribution < -0.4 is 11.5 Å². The number of nitrogen functional groups attached to an aromatic ring is 1. The summed E-state index contributed by atoms with van der Waals surface area (Å²) in [5.74, 6) is -0.660. The smallest absolute Gasteiger partial charge is 0.270 e. The van der Waals surface area contributed by atoms with Crippen molar-refractivity contribution in [1.82, 2.24) is 9.47 Å². The van der Waals surface area contributed by atoms with Crippen molar-refractivity contribution in [2.24, 2.45) is 11.7 Å². The molecule has 4 N–H and O–H groups in total. The maximum atomic E-state index is 12.5. The molecule has 1 atom stereocenters. The van der Waals surface area contributed by atoms with E-state index >= 15 is 0 Å². The molecule has 2 rings (SSSR count). The van der Waals surface area contributed by atoms with Gasteiger partial charge in [-0.25, -0.2) is 0 Å². The van der Waals surface area contributed by atoms with Crippen LogP contribution in [0.25, 0.3) is 0 Å². The molecule has 0 spiro atoms. The van der Waals surface area contributed by atoms with Gasteiger partial charge in [0.1, 0.15) is 5.69 Å². The third-order valence-electron chi connectivity index (χ3n) is 3.52. The summed E-state index contributed by atoms with van der Waals surface area (Å²) >= 11 is 0. The number of primary amides is 1. The lowest BCUT2D eigenvalue weighted by molar-refractivity contribution is -0.121. The van der Waals surface area contributed by atoms with Crippen molar-refractivity contribution >= 4 is 17.5 Å². The summed E-state index contributed by atoms with van der Waals surface area (Å²) in [4.78, 5) is 25.3. The van der Waals surface area contributed by atoms with E-state index in [1.54, 1.807) is 17.2 Å². The molecule has 6 nitrogen and oxygen atoms in total. The summed E-state index contributed by atoms with van der Waals surface area (Å²) in [6.07, 6.45) is 2.40. The van der Waals surface area contributed by atoms with E-state index in [1.165, 1.54) is 0 Å². The van der Waals surface area contributed by atoms with Crippen LogP contribution in [-0.4, -0.2) is 34.4 Å². The zero-order chi connectivity index (χ0) is 14.2. The molecule has 1 aromatic heterocycles. The van der Waals surface area contributed by atoms with Crippen LogP contribution in [0.3, 0.4) is 0 Å². The zero-order valence-electron chi connectivity index (χ0n) is 11.3. The highest BCUT2D eigenvalue weighted by Crippen LogP contribution is 2.22. The second-order valence-electron chi connectivity index (χ2n) is 5.30. The van der Waals surface area contributed by atoms with Crippen molar-refractivity contribution in [3.8, 4) is 0 Å². The van der Waals surface area contributed by atoms with Crippen molar-refractivity contribution in [3.05, 3.63) is 18.0 Å². The molecule has 0 aliphatic carbocycles. The van der Waals surface area contributed by atoms with Gasteiger partial charge in [0.2, 0.25) is 5.91 Å². The first-order valence-electron chi connectivity index (χ1n) is 6.46. The molecule has 2 amide bonds. The highest BCUT2D eigenvalue weighted by molar-refractivity contribution is 5.94. The van der Waals surface area contributed by atoms with Gasteiger partial charge in [-0.05, 0) is 26.3 Å². The molecule has 19 heavy (non-hydrogen) atoms. The molecule has 2 heterocycles. The van der Waals surface area contributed by atoms with Crippen molar-refractivity contribution in [2.75, 3.05) is 18.8 Å². The minimum Gasteiger partial charge on any atom is -0.397 e. The van der Waals surface area contributed by atoms with Crippen LogP contribution in [0.4, 0.5) is 5.69 Å². The van der Waals surface area contributed by atoms with Crippen LogP contribution in [0, 0.1) is 5.92 Å². The number of nitrogens with zero attached hydrogens (tertiary/aromatic N) is 2. The number of carbonyl (C=O) groups is 2. The Hall–Kier alpha value is -1.98. The fourth-order valence-corrected chi connectivity index (χ4v) is 2.44. The Labute approximate surface area is 112 Å². The van der Waals surface area contributed by atoms with E-state index in [1.807, 2.05) is 18.4 Å². The highest BCUT2D eigenvalue weighted by atomic mass is 16.2. The second-order valence-corrected chi connectivity index (χ2v) is 5.30. The van der Waals surface area contributed by atoms with Gasteiger partial charge in [0.25, 0.3) is 5.91 Å². The van der Waals surface area contributed by atoms with Crippen LogP contribution in [0.5, 0.6) is 0 Å². The van der Waals surface area contributed by atoms with E-state index in [4.69, 9.17) is 11.5 Å². The zero-order valence-corrected chi connectivity index (χ0v) is 11.3. The number of hydrogen-bond donors (Lipinski definition) is 2. The summed E-state index contributed by atoms with van der Waals surface area (Å²) in [5, 5.41) is 0. The quantitative estimate of drug-likeness (QED) is 0.837. The molecular weight excluding hydrogens is 244 g/mol. The second kappa shape index (κ2) is 4.95. The summed E-state index contributed by atoms with van der Waals surface area (Å²) in [6.45, 7) is 4.95. The SMILES string of the molecule is CC(C)n1cc(N)cc1C(=O)N1CCC(C(N)=O)C1. The molecule has 0 aromatic carbocycles. The lowest BCUT2D eigenvalue weighted by Crippen LogP contribution is -2.33. The number of anilines is 1. The minimum absolute atomic E-state index is 0.0887. The monoisotopic (exact) mass is 264 g/mol. The Morgan fingerprint density at radius 2 is 2.11 bits per heavy atom. The number of amides is 2. The van der Waals surface area contributed by atoms with Crippen molar-refractivity contribution in [1.29, 1.82) is 0 Å². The minimum atomic E-state index is -0.339. The van der Waals surface area contributed by atoms with E-state index in [-0.39, 0.29) is 23.8 Å². The summed E-state index contributed by atoms with van der Waals surface area (Å²) in [6, 6.07) is 1.84. The van der Waals surface area contributed by atoms with Gasteiger partial charge < -0.3 is 20.9 Å². The van der Waals surface area contributed by atoms with E-state index < -0.39 is 0 Å². The first-order chi connectivity index (χ1) is 8.90. The van der Waals surface area contributed by atoms with Gasteiger partial charge >= 0.3 is 0 Å². The molecule has 0 radical (unpaired) electrons. The Morgan fingerprint density at radius 1 is 1.42 bits per heavy atom. The number of aromatic nitrogens is 1. The number of carbonyl (C=O) groups excluding carboxylic acids is 2. The third-order valence-corrected chi connectivity index (χ3v) is 3.52. The largest absolute Gasteiger partial charge is 0.397 e. The fourth-order valence-electron chi connectivity index (χ4n) is 2.44. The van der Waals surface area contributed by atoms with Crippen LogP contribution in [0.1, 0.15) is 36.8 Å². The highest BCUT2D eigenvalue weighted by Gasteiger charge is 2.31. The first-order valence-corrected chi connectivity index (χ1v) is 6.46. The molecule has 1 fully saturated rings. The molecule has 1 saturated heterocycles. The standard InChI is InChI=1S/C13H20N4O2/c1-8(2)17-7-10(14)5-11(17)13(19)16-4-3-9(6-16)12(15)18/h5,7-9H,3-4,6,14H2,1-2H3,(H2,15,18). The van der Waals surface area contributed by atoms with E-state index in [9.17, 15) is 9.59 Å². The molecule has 0 saturated carbocycles. The van der Waals surface area contributed by atoms with Gasteiger partial charge in [0.05, 0.1) is 11.6 Å². The summed E-state index contributed by atoms with van der Waals surface area (Å²) in [7, 11) is 0. The lowest BCUT2D eigenvalue weighted by Gasteiger charge is -2.19. The van der Waals surface area contributed by atoms with Gasteiger partial charge in [-0.2, -0.15) is 0 Å². The number of rotatable bonds is 3. The maximum Gasteiger partial charge on any atom is 0.270 e. The Kier molecular flexibility index (Phi) is 3.50. The van der Waals surface area contributed by atoms with Gasteiger partial charge in [0.15, 0.2) is 0 Å². The van der Waals surface area contributed by atoms with Crippen molar-refractivity contribution in [3.63, 3.8) is 0 Å². The Bertz CT molecular complexity index is 507. The molecule has 104 valence electrons. The summed E-state index contributed by atoms with van der Waals surface area (Å²) in [5.41, 5.74) is 12.2. The molecule has 1 aliphatic rings. The molecule has 1 unspecified atom stereocenters. The molecular formula is C13H20N4O2. The maximum absolute atomic E-state index is 12.5. The Balaban J connectivity index is 2.19.